The summed E-state index contributed by atoms with van der Waals surface area (Å²) < 4.78 is 7.98. The average molecular weight is 301 g/mol. The van der Waals surface area contributed by atoms with E-state index in [-0.39, 0.29) is 5.41 Å². The van der Waals surface area contributed by atoms with Crippen molar-refractivity contribution >= 4 is 0 Å². The van der Waals surface area contributed by atoms with Crippen molar-refractivity contribution in [1.29, 1.82) is 0 Å². The summed E-state index contributed by atoms with van der Waals surface area (Å²) in [6.45, 7) is 8.93. The van der Waals surface area contributed by atoms with Gasteiger partial charge in [-0.15, -0.1) is 0 Å². The Kier molecular flexibility index (Phi) is 5.61. The van der Waals surface area contributed by atoms with Gasteiger partial charge in [0, 0.05) is 19.2 Å². The molecule has 0 amide bonds. The second kappa shape index (κ2) is 7.45. The number of aromatic nitrogens is 2. The zero-order valence-electron chi connectivity index (χ0n) is 14.1. The van der Waals surface area contributed by atoms with Crippen LogP contribution in [0.1, 0.15) is 38.4 Å². The molecule has 0 spiro atoms. The molecule has 0 aliphatic heterocycles. The number of hydrogen-bond acceptors (Lipinski definition) is 3. The number of benzene rings is 1. The Morgan fingerprint density at radius 1 is 1.18 bits per heavy atom. The molecule has 4 nitrogen and oxygen atoms in total. The quantitative estimate of drug-likeness (QED) is 0.849. The molecule has 0 saturated heterocycles. The first-order valence-electron chi connectivity index (χ1n) is 7.86. The van der Waals surface area contributed by atoms with Crippen molar-refractivity contribution in [2.75, 3.05) is 7.05 Å². The zero-order chi connectivity index (χ0) is 16.0. The molecule has 0 saturated carbocycles. The summed E-state index contributed by atoms with van der Waals surface area (Å²) in [6, 6.07) is 12.3. The normalized spacial score (nSPS) is 11.6. The van der Waals surface area contributed by atoms with Gasteiger partial charge >= 0.3 is 0 Å². The Balaban J connectivity index is 2.06. The molecule has 4 heteroatoms. The van der Waals surface area contributed by atoms with Crippen LogP contribution < -0.4 is 10.1 Å². The molecule has 0 unspecified atom stereocenters. The molecule has 2 rings (SSSR count). The maximum Gasteiger partial charge on any atom is 0.212 e. The van der Waals surface area contributed by atoms with E-state index in [9.17, 15) is 0 Å². The van der Waals surface area contributed by atoms with Crippen LogP contribution in [-0.4, -0.2) is 16.8 Å². The number of nitrogens with zero attached hydrogens (tertiary/aromatic N) is 2. The smallest absolute Gasteiger partial charge is 0.212 e. The van der Waals surface area contributed by atoms with E-state index in [4.69, 9.17) is 4.74 Å². The molecule has 0 aliphatic carbocycles. The highest BCUT2D eigenvalue weighted by Gasteiger charge is 2.14. The Hall–Kier alpha value is -1.81. The first-order chi connectivity index (χ1) is 10.5. The molecule has 0 atom stereocenters. The van der Waals surface area contributed by atoms with Gasteiger partial charge in [0.15, 0.2) is 0 Å². The number of aryl methyl sites for hydroxylation is 1. The van der Waals surface area contributed by atoms with Crippen LogP contribution in [-0.2, 0) is 19.7 Å². The fourth-order valence-electron chi connectivity index (χ4n) is 2.17. The van der Waals surface area contributed by atoms with Gasteiger partial charge in [0.1, 0.15) is 6.61 Å². The molecule has 0 aliphatic rings. The van der Waals surface area contributed by atoms with Crippen molar-refractivity contribution in [1.82, 2.24) is 15.1 Å². The standard InChI is InChI=1S/C18H27N3O/c1-18(2,3)10-11-21-17(12-16(20-21)13-19-4)22-14-15-8-6-5-7-9-15/h5-9,12,19H,10-11,13-14H2,1-4H3. The third-order valence-corrected chi connectivity index (χ3v) is 3.45. The first kappa shape index (κ1) is 16.6. The van der Waals surface area contributed by atoms with Crippen LogP contribution in [0.25, 0.3) is 0 Å². The van der Waals surface area contributed by atoms with Crippen molar-refractivity contribution in [3.05, 3.63) is 47.7 Å². The largest absolute Gasteiger partial charge is 0.473 e. The molecule has 0 bridgehead atoms. The maximum atomic E-state index is 5.99. The van der Waals surface area contributed by atoms with Crippen LogP contribution in [0, 0.1) is 5.41 Å². The minimum Gasteiger partial charge on any atom is -0.473 e. The molecule has 120 valence electrons. The van der Waals surface area contributed by atoms with Crippen molar-refractivity contribution in [3.8, 4) is 5.88 Å². The van der Waals surface area contributed by atoms with E-state index in [2.05, 4.69) is 43.3 Å². The minimum absolute atomic E-state index is 0.284. The molecule has 0 radical (unpaired) electrons. The second-order valence-electron chi connectivity index (χ2n) is 6.81. The van der Waals surface area contributed by atoms with Crippen LogP contribution >= 0.6 is 0 Å². The highest BCUT2D eigenvalue weighted by Crippen LogP contribution is 2.22. The Bertz CT molecular complexity index is 570. The lowest BCUT2D eigenvalue weighted by molar-refractivity contribution is 0.258. The molecular formula is C18H27N3O. The van der Waals surface area contributed by atoms with Gasteiger partial charge in [-0.25, -0.2) is 4.68 Å². The van der Waals surface area contributed by atoms with Crippen LogP contribution in [0.2, 0.25) is 0 Å². The van der Waals surface area contributed by atoms with E-state index in [0.717, 1.165) is 31.1 Å². The lowest BCUT2D eigenvalue weighted by Crippen LogP contribution is -2.13. The lowest BCUT2D eigenvalue weighted by Gasteiger charge is -2.18. The lowest BCUT2D eigenvalue weighted by atomic mass is 9.92. The Morgan fingerprint density at radius 3 is 2.55 bits per heavy atom. The van der Waals surface area contributed by atoms with Gasteiger partial charge in [-0.3, -0.25) is 0 Å². The SMILES string of the molecule is CNCc1cc(OCc2ccccc2)n(CCC(C)(C)C)n1. The summed E-state index contributed by atoms with van der Waals surface area (Å²) in [4.78, 5) is 0. The van der Waals surface area contributed by atoms with Crippen LogP contribution in [0.15, 0.2) is 36.4 Å². The minimum atomic E-state index is 0.284. The van der Waals surface area contributed by atoms with Crippen molar-refractivity contribution in [2.24, 2.45) is 5.41 Å². The molecule has 2 aromatic rings. The Morgan fingerprint density at radius 2 is 1.91 bits per heavy atom. The van der Waals surface area contributed by atoms with Crippen molar-refractivity contribution in [3.63, 3.8) is 0 Å². The van der Waals surface area contributed by atoms with Gasteiger partial charge in [0.05, 0.1) is 5.69 Å². The summed E-state index contributed by atoms with van der Waals surface area (Å²) in [5.74, 6) is 0.846. The molecule has 1 aromatic carbocycles. The number of hydrogen-bond donors (Lipinski definition) is 1. The summed E-state index contributed by atoms with van der Waals surface area (Å²) in [7, 11) is 1.93. The average Bonchev–Trinajstić information content (AvgIpc) is 2.86. The maximum absolute atomic E-state index is 5.99. The highest BCUT2D eigenvalue weighted by atomic mass is 16.5. The molecule has 0 fully saturated rings. The topological polar surface area (TPSA) is 39.1 Å². The van der Waals surface area contributed by atoms with Gasteiger partial charge in [0.25, 0.3) is 0 Å². The van der Waals surface area contributed by atoms with Gasteiger partial charge < -0.3 is 10.1 Å². The van der Waals surface area contributed by atoms with Crippen LogP contribution in [0.5, 0.6) is 5.88 Å². The van der Waals surface area contributed by atoms with Crippen LogP contribution in [0.4, 0.5) is 0 Å². The summed E-state index contributed by atoms with van der Waals surface area (Å²) in [5, 5.41) is 7.78. The predicted octanol–water partition coefficient (Wildman–Crippen LogP) is 3.62. The first-order valence-corrected chi connectivity index (χ1v) is 7.86. The predicted molar refractivity (Wildman–Crippen MR) is 89.8 cm³/mol. The number of nitrogens with one attached hydrogen (secondary N) is 1. The van der Waals surface area contributed by atoms with Gasteiger partial charge in [-0.1, -0.05) is 51.1 Å². The fraction of sp³-hybridized carbons (Fsp3) is 0.500. The van der Waals surface area contributed by atoms with Crippen molar-refractivity contribution in [2.45, 2.75) is 46.9 Å². The molecular weight excluding hydrogens is 274 g/mol. The summed E-state index contributed by atoms with van der Waals surface area (Å²) >= 11 is 0. The van der Waals surface area contributed by atoms with Gasteiger partial charge in [-0.05, 0) is 24.4 Å². The molecule has 1 aromatic heterocycles. The molecule has 1 heterocycles. The zero-order valence-corrected chi connectivity index (χ0v) is 14.1. The monoisotopic (exact) mass is 301 g/mol. The summed E-state index contributed by atoms with van der Waals surface area (Å²) in [6.07, 6.45) is 1.06. The fourth-order valence-corrected chi connectivity index (χ4v) is 2.17. The van der Waals surface area contributed by atoms with E-state index in [1.54, 1.807) is 0 Å². The van der Waals surface area contributed by atoms with E-state index in [1.165, 1.54) is 5.56 Å². The Labute approximate surface area is 133 Å². The molecule has 22 heavy (non-hydrogen) atoms. The van der Waals surface area contributed by atoms with Gasteiger partial charge in [-0.2, -0.15) is 5.10 Å². The van der Waals surface area contributed by atoms with Crippen LogP contribution in [0.3, 0.4) is 0 Å². The van der Waals surface area contributed by atoms with E-state index in [1.807, 2.05) is 36.0 Å². The van der Waals surface area contributed by atoms with E-state index >= 15 is 0 Å². The molecule has 1 N–H and O–H groups in total. The third-order valence-electron chi connectivity index (χ3n) is 3.45. The van der Waals surface area contributed by atoms with E-state index < -0.39 is 0 Å². The van der Waals surface area contributed by atoms with E-state index in [0.29, 0.717) is 6.61 Å². The number of rotatable bonds is 7. The number of ether oxygens (including phenoxy) is 1. The third kappa shape index (κ3) is 5.19. The van der Waals surface area contributed by atoms with Crippen molar-refractivity contribution < 1.29 is 4.74 Å². The summed E-state index contributed by atoms with van der Waals surface area (Å²) in [5.41, 5.74) is 2.46. The van der Waals surface area contributed by atoms with Gasteiger partial charge in [0.2, 0.25) is 5.88 Å². The second-order valence-corrected chi connectivity index (χ2v) is 6.81. The highest BCUT2D eigenvalue weighted by molar-refractivity contribution is 5.18.